The molecule has 3 atom stereocenters. The number of rotatable bonds is 4. The molecule has 23 heavy (non-hydrogen) atoms. The maximum absolute atomic E-state index is 12.8. The topological polar surface area (TPSA) is 87.7 Å². The van der Waals surface area contributed by atoms with Crippen molar-refractivity contribution in [3.8, 4) is 0 Å². The Morgan fingerprint density at radius 2 is 2.13 bits per heavy atom. The SMILES string of the molecule is C=C1C(=O)N(C2CCC(=O)NC2=O)COC(C)[C@]1(C)NCCC. The first-order chi connectivity index (χ1) is 10.8. The summed E-state index contributed by atoms with van der Waals surface area (Å²) in [4.78, 5) is 37.6. The van der Waals surface area contributed by atoms with Gasteiger partial charge in [-0.15, -0.1) is 0 Å². The number of carbonyl (C=O) groups excluding carboxylic acids is 3. The molecule has 7 nitrogen and oxygen atoms in total. The van der Waals surface area contributed by atoms with Crippen LogP contribution in [0.4, 0.5) is 0 Å². The molecule has 2 saturated heterocycles. The second-order valence-electron chi connectivity index (χ2n) is 6.29. The molecule has 2 N–H and O–H groups in total. The Morgan fingerprint density at radius 1 is 1.43 bits per heavy atom. The van der Waals surface area contributed by atoms with Gasteiger partial charge in [0.05, 0.1) is 11.6 Å². The molecular formula is C16H25N3O4. The first-order valence-electron chi connectivity index (χ1n) is 8.02. The van der Waals surface area contributed by atoms with E-state index in [-0.39, 0.29) is 31.1 Å². The number of imide groups is 1. The first-order valence-corrected chi connectivity index (χ1v) is 8.02. The molecule has 0 aromatic rings. The number of nitrogens with one attached hydrogen (secondary N) is 2. The summed E-state index contributed by atoms with van der Waals surface area (Å²) in [7, 11) is 0. The van der Waals surface area contributed by atoms with E-state index < -0.39 is 17.5 Å². The van der Waals surface area contributed by atoms with Crippen molar-refractivity contribution in [2.75, 3.05) is 13.3 Å². The Hall–Kier alpha value is -1.73. The fourth-order valence-electron chi connectivity index (χ4n) is 2.90. The molecule has 0 aromatic heterocycles. The molecule has 0 saturated carbocycles. The summed E-state index contributed by atoms with van der Waals surface area (Å²) in [6.45, 7) is 10.5. The molecule has 2 unspecified atom stereocenters. The smallest absolute Gasteiger partial charge is 0.253 e. The summed E-state index contributed by atoms with van der Waals surface area (Å²) >= 11 is 0. The van der Waals surface area contributed by atoms with Gasteiger partial charge in [-0.3, -0.25) is 19.7 Å². The molecule has 2 rings (SSSR count). The van der Waals surface area contributed by atoms with Crippen LogP contribution in [-0.4, -0.2) is 53.6 Å². The van der Waals surface area contributed by atoms with Gasteiger partial charge in [-0.05, 0) is 33.2 Å². The van der Waals surface area contributed by atoms with Gasteiger partial charge in [-0.25, -0.2) is 0 Å². The highest BCUT2D eigenvalue weighted by Crippen LogP contribution is 2.29. The van der Waals surface area contributed by atoms with Crippen molar-refractivity contribution in [2.24, 2.45) is 0 Å². The molecular weight excluding hydrogens is 298 g/mol. The zero-order valence-electron chi connectivity index (χ0n) is 14.0. The summed E-state index contributed by atoms with van der Waals surface area (Å²) in [5.41, 5.74) is -0.316. The van der Waals surface area contributed by atoms with Gasteiger partial charge in [-0.1, -0.05) is 13.5 Å². The number of ether oxygens (including phenoxy) is 1. The van der Waals surface area contributed by atoms with Gasteiger partial charge in [0, 0.05) is 12.0 Å². The van der Waals surface area contributed by atoms with E-state index in [2.05, 4.69) is 17.2 Å². The maximum atomic E-state index is 12.8. The normalized spacial score (nSPS) is 32.7. The van der Waals surface area contributed by atoms with Crippen molar-refractivity contribution in [2.45, 2.75) is 57.7 Å². The Bertz CT molecular complexity index is 533. The third kappa shape index (κ3) is 3.30. The lowest BCUT2D eigenvalue weighted by Crippen LogP contribution is -2.56. The summed E-state index contributed by atoms with van der Waals surface area (Å²) < 4.78 is 5.81. The van der Waals surface area contributed by atoms with Crippen LogP contribution in [0.25, 0.3) is 0 Å². The number of nitrogens with zero attached hydrogens (tertiary/aromatic N) is 1. The second kappa shape index (κ2) is 6.80. The summed E-state index contributed by atoms with van der Waals surface area (Å²) in [5, 5.41) is 5.61. The Kier molecular flexibility index (Phi) is 5.21. The zero-order valence-corrected chi connectivity index (χ0v) is 14.0. The van der Waals surface area contributed by atoms with E-state index in [4.69, 9.17) is 4.74 Å². The quantitative estimate of drug-likeness (QED) is 0.574. The number of hydrogen-bond donors (Lipinski definition) is 2. The third-order valence-electron chi connectivity index (χ3n) is 4.75. The molecule has 0 spiro atoms. The lowest BCUT2D eigenvalue weighted by Gasteiger charge is -2.35. The van der Waals surface area contributed by atoms with Crippen LogP contribution in [0.5, 0.6) is 0 Å². The van der Waals surface area contributed by atoms with Gasteiger partial charge in [0.15, 0.2) is 0 Å². The molecule has 2 aliphatic rings. The van der Waals surface area contributed by atoms with E-state index >= 15 is 0 Å². The lowest BCUT2D eigenvalue weighted by atomic mass is 9.86. The van der Waals surface area contributed by atoms with Crippen LogP contribution >= 0.6 is 0 Å². The molecule has 2 fully saturated rings. The van der Waals surface area contributed by atoms with Crippen molar-refractivity contribution in [3.05, 3.63) is 12.2 Å². The van der Waals surface area contributed by atoms with Gasteiger partial charge in [0.25, 0.3) is 5.91 Å². The minimum Gasteiger partial charge on any atom is -0.356 e. The highest BCUT2D eigenvalue weighted by molar-refractivity contribution is 6.04. The zero-order chi connectivity index (χ0) is 17.2. The molecule has 128 valence electrons. The second-order valence-corrected chi connectivity index (χ2v) is 6.29. The third-order valence-corrected chi connectivity index (χ3v) is 4.75. The average Bonchev–Trinajstić information content (AvgIpc) is 2.59. The van der Waals surface area contributed by atoms with Crippen molar-refractivity contribution >= 4 is 17.7 Å². The van der Waals surface area contributed by atoms with Crippen molar-refractivity contribution in [1.82, 2.24) is 15.5 Å². The van der Waals surface area contributed by atoms with Crippen LogP contribution < -0.4 is 10.6 Å². The molecule has 2 aliphatic heterocycles. The van der Waals surface area contributed by atoms with Gasteiger partial charge < -0.3 is 15.0 Å². The Balaban J connectivity index is 2.23. The molecule has 3 amide bonds. The Labute approximate surface area is 136 Å². The van der Waals surface area contributed by atoms with E-state index in [0.717, 1.165) is 13.0 Å². The summed E-state index contributed by atoms with van der Waals surface area (Å²) in [6.07, 6.45) is 1.16. The predicted molar refractivity (Wildman–Crippen MR) is 84.3 cm³/mol. The molecule has 7 heteroatoms. The maximum Gasteiger partial charge on any atom is 0.253 e. The molecule has 0 bridgehead atoms. The van der Waals surface area contributed by atoms with Gasteiger partial charge in [0.1, 0.15) is 12.8 Å². The molecule has 2 heterocycles. The predicted octanol–water partition coefficient (Wildman–Crippen LogP) is 0.311. The van der Waals surface area contributed by atoms with Crippen molar-refractivity contribution < 1.29 is 19.1 Å². The van der Waals surface area contributed by atoms with Crippen LogP contribution in [0.15, 0.2) is 12.2 Å². The fraction of sp³-hybridized carbons (Fsp3) is 0.688. The minimum absolute atomic E-state index is 0.00862. The van der Waals surface area contributed by atoms with E-state index in [1.807, 2.05) is 20.8 Å². The summed E-state index contributed by atoms with van der Waals surface area (Å²) in [6, 6.07) is -0.697. The highest BCUT2D eigenvalue weighted by atomic mass is 16.5. The van der Waals surface area contributed by atoms with Crippen LogP contribution in [0, 0.1) is 0 Å². The largest absolute Gasteiger partial charge is 0.356 e. The lowest BCUT2D eigenvalue weighted by molar-refractivity contribution is -0.148. The number of piperidine rings is 1. The van der Waals surface area contributed by atoms with Gasteiger partial charge >= 0.3 is 0 Å². The van der Waals surface area contributed by atoms with E-state index in [1.54, 1.807) is 0 Å². The van der Waals surface area contributed by atoms with Gasteiger partial charge in [-0.2, -0.15) is 0 Å². The van der Waals surface area contributed by atoms with Gasteiger partial charge in [0.2, 0.25) is 11.8 Å². The molecule has 0 aromatic carbocycles. The van der Waals surface area contributed by atoms with E-state index in [9.17, 15) is 14.4 Å². The van der Waals surface area contributed by atoms with Crippen LogP contribution in [0.3, 0.4) is 0 Å². The summed E-state index contributed by atoms with van der Waals surface area (Å²) in [5.74, 6) is -1.07. The van der Waals surface area contributed by atoms with Crippen molar-refractivity contribution in [3.63, 3.8) is 0 Å². The monoisotopic (exact) mass is 323 g/mol. The fourth-order valence-corrected chi connectivity index (χ4v) is 2.90. The Morgan fingerprint density at radius 3 is 2.74 bits per heavy atom. The minimum atomic E-state index is -0.697. The van der Waals surface area contributed by atoms with E-state index in [1.165, 1.54) is 4.90 Å². The highest BCUT2D eigenvalue weighted by Gasteiger charge is 2.45. The van der Waals surface area contributed by atoms with E-state index in [0.29, 0.717) is 12.0 Å². The standard InChI is InChI=1S/C16H25N3O4/c1-5-8-17-16(4)10(2)15(22)19(9-23-11(16)3)12-6-7-13(20)18-14(12)21/h11-12,17H,2,5-9H2,1,3-4H3,(H,18,20,21)/t11?,12?,16-/m1/s1. The van der Waals surface area contributed by atoms with Crippen LogP contribution in [0.1, 0.15) is 40.0 Å². The number of carbonyl (C=O) groups is 3. The van der Waals surface area contributed by atoms with Crippen molar-refractivity contribution in [1.29, 1.82) is 0 Å². The van der Waals surface area contributed by atoms with Crippen LogP contribution in [-0.2, 0) is 19.1 Å². The number of hydrogen-bond acceptors (Lipinski definition) is 5. The molecule has 0 radical (unpaired) electrons. The van der Waals surface area contributed by atoms with Crippen LogP contribution in [0.2, 0.25) is 0 Å². The average molecular weight is 323 g/mol. The number of amides is 3. The molecule has 0 aliphatic carbocycles. The first kappa shape index (κ1) is 17.6.